The fourth-order valence-corrected chi connectivity index (χ4v) is 3.04. The van der Waals surface area contributed by atoms with E-state index in [1.165, 1.54) is 10.8 Å². The molecule has 0 aliphatic rings. The van der Waals surface area contributed by atoms with Crippen molar-refractivity contribution in [2.45, 2.75) is 13.8 Å². The highest BCUT2D eigenvalue weighted by molar-refractivity contribution is 6.12. The summed E-state index contributed by atoms with van der Waals surface area (Å²) in [6, 6.07) is 16.6. The Kier molecular flexibility index (Phi) is 2.98. The molecule has 112 valence electrons. The average Bonchev–Trinajstić information content (AvgIpc) is 2.93. The van der Waals surface area contributed by atoms with Crippen molar-refractivity contribution in [1.82, 2.24) is 9.38 Å². The van der Waals surface area contributed by atoms with Crippen LogP contribution in [0.1, 0.15) is 13.8 Å². The molecule has 0 radical (unpaired) electrons. The summed E-state index contributed by atoms with van der Waals surface area (Å²) in [6.07, 6.45) is 0. The minimum Gasteiger partial charge on any atom is -0.275 e. The normalized spacial score (nSPS) is 11.2. The van der Waals surface area contributed by atoms with E-state index in [0.29, 0.717) is 5.82 Å². The number of rotatable bonds is 2. The largest absolute Gasteiger partial charge is 0.275 e. The van der Waals surface area contributed by atoms with Crippen LogP contribution < -0.4 is 0 Å². The maximum Gasteiger partial charge on any atom is 0.197 e. The topological polar surface area (TPSA) is 42.0 Å². The van der Waals surface area contributed by atoms with E-state index in [2.05, 4.69) is 62.5 Å². The molecule has 0 unspecified atom stereocenters. The lowest BCUT2D eigenvalue weighted by molar-refractivity contribution is 1.23. The van der Waals surface area contributed by atoms with Crippen LogP contribution in [0.2, 0.25) is 0 Å². The molecular formula is C19H16N4. The third-order valence-electron chi connectivity index (χ3n) is 3.92. The molecule has 2 aromatic heterocycles. The maximum absolute atomic E-state index is 4.69. The van der Waals surface area contributed by atoms with Crippen LogP contribution in [0.3, 0.4) is 0 Å². The van der Waals surface area contributed by atoms with Crippen LogP contribution in [0.25, 0.3) is 27.3 Å². The van der Waals surface area contributed by atoms with Gasteiger partial charge < -0.3 is 0 Å². The second-order valence-corrected chi connectivity index (χ2v) is 5.70. The van der Waals surface area contributed by atoms with Gasteiger partial charge in [0.1, 0.15) is 5.65 Å². The van der Waals surface area contributed by atoms with E-state index < -0.39 is 0 Å². The molecule has 2 aromatic carbocycles. The molecule has 0 atom stereocenters. The summed E-state index contributed by atoms with van der Waals surface area (Å²) in [5.74, 6) is 1.30. The second-order valence-electron chi connectivity index (χ2n) is 5.70. The molecular weight excluding hydrogens is 284 g/mol. The number of pyridine rings is 1. The molecule has 0 fully saturated rings. The number of para-hydroxylation sites is 1. The standard InChI is InChI=1S/C19H16N4/c1-12(2)21-19-17(20-3)22-18-15-10-5-4-8-13(15)14-9-6-7-11-16(14)23(18)19/h4-11H,3H2,1-2H3. The Labute approximate surface area is 133 Å². The molecule has 0 amide bonds. The lowest BCUT2D eigenvalue weighted by Crippen LogP contribution is -1.91. The van der Waals surface area contributed by atoms with E-state index in [0.717, 1.165) is 28.1 Å². The van der Waals surface area contributed by atoms with Crippen molar-refractivity contribution in [3.63, 3.8) is 0 Å². The summed E-state index contributed by atoms with van der Waals surface area (Å²) < 4.78 is 2.08. The summed E-state index contributed by atoms with van der Waals surface area (Å²) in [7, 11) is 0. The monoisotopic (exact) mass is 300 g/mol. The summed E-state index contributed by atoms with van der Waals surface area (Å²) in [5.41, 5.74) is 2.89. The van der Waals surface area contributed by atoms with Crippen molar-refractivity contribution in [2.24, 2.45) is 9.98 Å². The summed E-state index contributed by atoms with van der Waals surface area (Å²) in [6.45, 7) is 7.59. The van der Waals surface area contributed by atoms with Crippen LogP contribution in [-0.4, -0.2) is 21.8 Å². The fraction of sp³-hybridized carbons (Fsp3) is 0.105. The van der Waals surface area contributed by atoms with Gasteiger partial charge in [-0.3, -0.25) is 4.40 Å². The quantitative estimate of drug-likeness (QED) is 0.376. The zero-order valence-electron chi connectivity index (χ0n) is 13.1. The van der Waals surface area contributed by atoms with Gasteiger partial charge in [0.05, 0.1) is 5.52 Å². The second kappa shape index (κ2) is 5.02. The lowest BCUT2D eigenvalue weighted by Gasteiger charge is -2.08. The van der Waals surface area contributed by atoms with Crippen molar-refractivity contribution < 1.29 is 0 Å². The molecule has 23 heavy (non-hydrogen) atoms. The van der Waals surface area contributed by atoms with Crippen molar-refractivity contribution in [1.29, 1.82) is 0 Å². The first-order valence-electron chi connectivity index (χ1n) is 7.51. The SMILES string of the molecule is C=Nc1nc2c3ccccc3c3ccccc3n2c1N=C(C)C. The fourth-order valence-electron chi connectivity index (χ4n) is 3.04. The van der Waals surface area contributed by atoms with Gasteiger partial charge in [0.2, 0.25) is 0 Å². The van der Waals surface area contributed by atoms with Crippen LogP contribution >= 0.6 is 0 Å². The van der Waals surface area contributed by atoms with Gasteiger partial charge in [0.15, 0.2) is 11.6 Å². The zero-order chi connectivity index (χ0) is 16.0. The Morgan fingerprint density at radius 1 is 0.957 bits per heavy atom. The number of fused-ring (bicyclic) bond motifs is 6. The number of hydrogen-bond donors (Lipinski definition) is 0. The minimum atomic E-state index is 0.563. The van der Waals surface area contributed by atoms with Crippen LogP contribution in [0.15, 0.2) is 58.5 Å². The first-order chi connectivity index (χ1) is 11.2. The molecule has 2 heterocycles. The van der Waals surface area contributed by atoms with Gasteiger partial charge in [-0.1, -0.05) is 42.5 Å². The number of hydrogen-bond acceptors (Lipinski definition) is 3. The highest BCUT2D eigenvalue weighted by atomic mass is 15.2. The van der Waals surface area contributed by atoms with E-state index >= 15 is 0 Å². The molecule has 0 aliphatic heterocycles. The van der Waals surface area contributed by atoms with E-state index in [9.17, 15) is 0 Å². The molecule has 0 saturated heterocycles. The van der Waals surface area contributed by atoms with Gasteiger partial charge in [-0.05, 0) is 32.0 Å². The summed E-state index contributed by atoms with van der Waals surface area (Å²) in [4.78, 5) is 13.4. The van der Waals surface area contributed by atoms with Crippen LogP contribution in [0, 0.1) is 0 Å². The highest BCUT2D eigenvalue weighted by Crippen LogP contribution is 2.37. The molecule has 0 bridgehead atoms. The third kappa shape index (κ3) is 1.95. The predicted molar refractivity (Wildman–Crippen MR) is 97.9 cm³/mol. The molecule has 4 nitrogen and oxygen atoms in total. The van der Waals surface area contributed by atoms with Gasteiger partial charge >= 0.3 is 0 Å². The van der Waals surface area contributed by atoms with Crippen LogP contribution in [0.4, 0.5) is 11.6 Å². The smallest absolute Gasteiger partial charge is 0.197 e. The Morgan fingerprint density at radius 3 is 2.30 bits per heavy atom. The molecule has 4 heteroatoms. The number of aromatic nitrogens is 2. The third-order valence-corrected chi connectivity index (χ3v) is 3.92. The van der Waals surface area contributed by atoms with E-state index in [1.807, 2.05) is 26.0 Å². The molecule has 0 N–H and O–H groups in total. The van der Waals surface area contributed by atoms with Gasteiger partial charge in [-0.2, -0.15) is 0 Å². The van der Waals surface area contributed by atoms with E-state index in [4.69, 9.17) is 0 Å². The zero-order valence-corrected chi connectivity index (χ0v) is 13.1. The Hall–Kier alpha value is -3.01. The summed E-state index contributed by atoms with van der Waals surface area (Å²) >= 11 is 0. The van der Waals surface area contributed by atoms with Crippen LogP contribution in [-0.2, 0) is 0 Å². The molecule has 0 spiro atoms. The van der Waals surface area contributed by atoms with Crippen LogP contribution in [0.5, 0.6) is 0 Å². The predicted octanol–water partition coefficient (Wildman–Crippen LogP) is 5.09. The first-order valence-corrected chi connectivity index (χ1v) is 7.51. The van der Waals surface area contributed by atoms with Gasteiger partial charge in [-0.15, -0.1) is 0 Å². The molecule has 0 aliphatic carbocycles. The van der Waals surface area contributed by atoms with Crippen molar-refractivity contribution in [3.8, 4) is 0 Å². The highest BCUT2D eigenvalue weighted by Gasteiger charge is 2.16. The van der Waals surface area contributed by atoms with Gasteiger partial charge in [0.25, 0.3) is 0 Å². The average molecular weight is 300 g/mol. The van der Waals surface area contributed by atoms with Crippen molar-refractivity contribution in [3.05, 3.63) is 48.5 Å². The van der Waals surface area contributed by atoms with Crippen molar-refractivity contribution in [2.75, 3.05) is 0 Å². The van der Waals surface area contributed by atoms with Gasteiger partial charge in [0, 0.05) is 16.5 Å². The Morgan fingerprint density at radius 2 is 1.61 bits per heavy atom. The molecule has 4 aromatic rings. The number of imidazole rings is 1. The lowest BCUT2D eigenvalue weighted by atomic mass is 10.1. The minimum absolute atomic E-state index is 0.563. The van der Waals surface area contributed by atoms with Crippen molar-refractivity contribution >= 4 is 51.4 Å². The Bertz CT molecular complexity index is 1100. The number of benzene rings is 2. The number of nitrogens with zero attached hydrogens (tertiary/aromatic N) is 4. The molecule has 4 rings (SSSR count). The van der Waals surface area contributed by atoms with Gasteiger partial charge in [-0.25, -0.2) is 15.0 Å². The van der Waals surface area contributed by atoms with E-state index in [1.54, 1.807) is 0 Å². The molecule has 0 saturated carbocycles. The maximum atomic E-state index is 4.69. The Balaban J connectivity index is 2.37. The summed E-state index contributed by atoms with van der Waals surface area (Å²) in [5, 5.41) is 3.44. The number of aliphatic imine (C=N–C) groups is 2. The van der Waals surface area contributed by atoms with E-state index in [-0.39, 0.29) is 0 Å². The first kappa shape index (κ1) is 13.6.